The van der Waals surface area contributed by atoms with Crippen molar-refractivity contribution in [2.24, 2.45) is 5.73 Å². The SMILES string of the molecule is CCc1ccc(OCC(N)=S)c(OC)c1. The Balaban J connectivity index is 2.82. The molecule has 3 nitrogen and oxygen atoms in total. The minimum Gasteiger partial charge on any atom is -0.493 e. The van der Waals surface area contributed by atoms with Crippen LogP contribution in [-0.2, 0) is 6.42 Å². The highest BCUT2D eigenvalue weighted by Gasteiger charge is 2.05. The van der Waals surface area contributed by atoms with E-state index in [-0.39, 0.29) is 6.61 Å². The molecule has 0 aliphatic heterocycles. The molecule has 0 atom stereocenters. The predicted molar refractivity (Wildman–Crippen MR) is 64.7 cm³/mol. The largest absolute Gasteiger partial charge is 0.493 e. The van der Waals surface area contributed by atoms with E-state index in [1.54, 1.807) is 7.11 Å². The number of hydrogen-bond donors (Lipinski definition) is 1. The second kappa shape index (κ2) is 5.56. The molecule has 1 aromatic carbocycles. The molecule has 0 bridgehead atoms. The molecule has 0 saturated heterocycles. The topological polar surface area (TPSA) is 44.5 Å². The fourth-order valence-corrected chi connectivity index (χ4v) is 1.26. The highest BCUT2D eigenvalue weighted by atomic mass is 32.1. The Labute approximate surface area is 95.2 Å². The third kappa shape index (κ3) is 3.40. The van der Waals surface area contributed by atoms with Gasteiger partial charge in [0.2, 0.25) is 0 Å². The fraction of sp³-hybridized carbons (Fsp3) is 0.364. The number of ether oxygens (including phenoxy) is 2. The molecule has 0 aliphatic rings. The van der Waals surface area contributed by atoms with Crippen LogP contribution in [0.15, 0.2) is 18.2 Å². The zero-order valence-electron chi connectivity index (χ0n) is 8.95. The van der Waals surface area contributed by atoms with E-state index in [1.165, 1.54) is 5.56 Å². The Kier molecular flexibility index (Phi) is 4.37. The molecular weight excluding hydrogens is 210 g/mol. The van der Waals surface area contributed by atoms with E-state index in [9.17, 15) is 0 Å². The number of rotatable bonds is 5. The smallest absolute Gasteiger partial charge is 0.161 e. The number of aryl methyl sites for hydroxylation is 1. The first-order valence-corrected chi connectivity index (χ1v) is 5.16. The van der Waals surface area contributed by atoms with E-state index in [1.807, 2.05) is 18.2 Å². The summed E-state index contributed by atoms with van der Waals surface area (Å²) in [7, 11) is 1.61. The van der Waals surface area contributed by atoms with E-state index in [4.69, 9.17) is 27.4 Å². The summed E-state index contributed by atoms with van der Waals surface area (Å²) in [5.74, 6) is 1.38. The second-order valence-electron chi connectivity index (χ2n) is 3.09. The molecule has 0 aliphatic carbocycles. The lowest BCUT2D eigenvalue weighted by Crippen LogP contribution is -2.18. The van der Waals surface area contributed by atoms with Crippen LogP contribution < -0.4 is 15.2 Å². The van der Waals surface area contributed by atoms with Crippen LogP contribution in [0.1, 0.15) is 12.5 Å². The maximum atomic E-state index is 5.40. The molecule has 1 rings (SSSR count). The Morgan fingerprint density at radius 2 is 2.13 bits per heavy atom. The number of nitrogens with two attached hydrogens (primary N) is 1. The van der Waals surface area contributed by atoms with Crippen LogP contribution in [0.3, 0.4) is 0 Å². The van der Waals surface area contributed by atoms with Crippen molar-refractivity contribution < 1.29 is 9.47 Å². The summed E-state index contributed by atoms with van der Waals surface area (Å²) in [6.45, 7) is 2.32. The number of methoxy groups -OCH3 is 1. The Hall–Kier alpha value is -1.29. The number of thiocarbonyl (C=S) groups is 1. The van der Waals surface area contributed by atoms with Crippen molar-refractivity contribution in [3.05, 3.63) is 23.8 Å². The first-order chi connectivity index (χ1) is 7.17. The summed E-state index contributed by atoms with van der Waals surface area (Å²) < 4.78 is 10.6. The van der Waals surface area contributed by atoms with Crippen LogP contribution in [0.25, 0.3) is 0 Å². The van der Waals surface area contributed by atoms with Crippen molar-refractivity contribution in [1.29, 1.82) is 0 Å². The van der Waals surface area contributed by atoms with Gasteiger partial charge in [-0.05, 0) is 24.1 Å². The summed E-state index contributed by atoms with van der Waals surface area (Å²) in [4.78, 5) is 0.330. The van der Waals surface area contributed by atoms with Gasteiger partial charge in [-0.1, -0.05) is 25.2 Å². The molecule has 0 amide bonds. The van der Waals surface area contributed by atoms with E-state index in [2.05, 4.69) is 6.92 Å². The minimum atomic E-state index is 0.233. The molecular formula is C11H15NO2S. The zero-order chi connectivity index (χ0) is 11.3. The summed E-state index contributed by atoms with van der Waals surface area (Å²) in [6, 6.07) is 5.82. The molecule has 1 aromatic rings. The van der Waals surface area contributed by atoms with E-state index < -0.39 is 0 Å². The molecule has 82 valence electrons. The third-order valence-corrected chi connectivity index (χ3v) is 2.12. The van der Waals surface area contributed by atoms with Crippen molar-refractivity contribution in [3.63, 3.8) is 0 Å². The van der Waals surface area contributed by atoms with Gasteiger partial charge in [-0.25, -0.2) is 0 Å². The minimum absolute atomic E-state index is 0.233. The van der Waals surface area contributed by atoms with Crippen molar-refractivity contribution in [2.45, 2.75) is 13.3 Å². The Morgan fingerprint density at radius 3 is 2.67 bits per heavy atom. The van der Waals surface area contributed by atoms with Crippen molar-refractivity contribution >= 4 is 17.2 Å². The monoisotopic (exact) mass is 225 g/mol. The van der Waals surface area contributed by atoms with Crippen LogP contribution in [0.2, 0.25) is 0 Å². The van der Waals surface area contributed by atoms with Crippen molar-refractivity contribution in [3.8, 4) is 11.5 Å². The molecule has 0 radical (unpaired) electrons. The van der Waals surface area contributed by atoms with Gasteiger partial charge in [0, 0.05) is 0 Å². The van der Waals surface area contributed by atoms with Crippen LogP contribution in [-0.4, -0.2) is 18.7 Å². The molecule has 0 aromatic heterocycles. The molecule has 0 unspecified atom stereocenters. The van der Waals surface area contributed by atoms with E-state index >= 15 is 0 Å². The molecule has 4 heteroatoms. The van der Waals surface area contributed by atoms with Gasteiger partial charge >= 0.3 is 0 Å². The second-order valence-corrected chi connectivity index (χ2v) is 3.62. The quantitative estimate of drug-likeness (QED) is 0.778. The summed E-state index contributed by atoms with van der Waals surface area (Å²) in [6.07, 6.45) is 0.964. The highest BCUT2D eigenvalue weighted by molar-refractivity contribution is 7.80. The summed E-state index contributed by atoms with van der Waals surface area (Å²) in [5, 5.41) is 0. The van der Waals surface area contributed by atoms with Gasteiger partial charge in [-0.3, -0.25) is 0 Å². The molecule has 0 spiro atoms. The van der Waals surface area contributed by atoms with Gasteiger partial charge in [-0.2, -0.15) is 0 Å². The molecule has 0 saturated carbocycles. The lowest BCUT2D eigenvalue weighted by Gasteiger charge is -2.10. The van der Waals surface area contributed by atoms with E-state index in [0.29, 0.717) is 16.5 Å². The zero-order valence-corrected chi connectivity index (χ0v) is 9.76. The number of hydrogen-bond acceptors (Lipinski definition) is 3. The molecule has 2 N–H and O–H groups in total. The third-order valence-electron chi connectivity index (χ3n) is 2.01. The van der Waals surface area contributed by atoms with Crippen LogP contribution in [0.4, 0.5) is 0 Å². The van der Waals surface area contributed by atoms with Gasteiger partial charge < -0.3 is 15.2 Å². The summed E-state index contributed by atoms with van der Waals surface area (Å²) >= 11 is 4.73. The van der Waals surface area contributed by atoms with Crippen LogP contribution in [0.5, 0.6) is 11.5 Å². The van der Waals surface area contributed by atoms with Crippen molar-refractivity contribution in [1.82, 2.24) is 0 Å². The molecule has 0 fully saturated rings. The molecule has 0 heterocycles. The Bertz CT molecular complexity index is 352. The van der Waals surface area contributed by atoms with Gasteiger partial charge in [0.25, 0.3) is 0 Å². The lowest BCUT2D eigenvalue weighted by atomic mass is 10.1. The average Bonchev–Trinajstić information content (AvgIpc) is 2.25. The molecule has 15 heavy (non-hydrogen) atoms. The van der Waals surface area contributed by atoms with Gasteiger partial charge in [0.05, 0.1) is 7.11 Å². The van der Waals surface area contributed by atoms with Crippen LogP contribution in [0, 0.1) is 0 Å². The van der Waals surface area contributed by atoms with E-state index in [0.717, 1.165) is 6.42 Å². The maximum Gasteiger partial charge on any atom is 0.161 e. The fourth-order valence-electron chi connectivity index (χ4n) is 1.20. The highest BCUT2D eigenvalue weighted by Crippen LogP contribution is 2.28. The number of benzene rings is 1. The maximum absolute atomic E-state index is 5.40. The van der Waals surface area contributed by atoms with Gasteiger partial charge in [-0.15, -0.1) is 0 Å². The van der Waals surface area contributed by atoms with Gasteiger partial charge in [0.1, 0.15) is 11.6 Å². The predicted octanol–water partition coefficient (Wildman–Crippen LogP) is 1.92. The Morgan fingerprint density at radius 1 is 1.40 bits per heavy atom. The first kappa shape index (κ1) is 11.8. The van der Waals surface area contributed by atoms with Crippen LogP contribution >= 0.6 is 12.2 Å². The summed E-state index contributed by atoms with van der Waals surface area (Å²) in [5.41, 5.74) is 6.56. The lowest BCUT2D eigenvalue weighted by molar-refractivity contribution is 0.335. The normalized spacial score (nSPS) is 9.73. The van der Waals surface area contributed by atoms with Crippen molar-refractivity contribution in [2.75, 3.05) is 13.7 Å². The van der Waals surface area contributed by atoms with Gasteiger partial charge in [0.15, 0.2) is 11.5 Å². The average molecular weight is 225 g/mol. The first-order valence-electron chi connectivity index (χ1n) is 4.75. The standard InChI is InChI=1S/C11H15NO2S/c1-3-8-4-5-9(10(6-8)13-2)14-7-11(12)15/h4-6H,3,7H2,1-2H3,(H2,12,15).